The normalized spacial score (nSPS) is 12.8. The first-order valence-corrected chi connectivity index (χ1v) is 9.71. The van der Waals surface area contributed by atoms with Gasteiger partial charge in [-0.3, -0.25) is 4.79 Å². The molecule has 122 valence electrons. The number of nitrogens with zero attached hydrogens (tertiary/aromatic N) is 5. The van der Waals surface area contributed by atoms with Crippen molar-refractivity contribution in [2.75, 3.05) is 0 Å². The Morgan fingerprint density at radius 3 is 2.96 bits per heavy atom. The molecule has 0 saturated heterocycles. The quantitative estimate of drug-likeness (QED) is 0.551. The van der Waals surface area contributed by atoms with Crippen molar-refractivity contribution >= 4 is 44.7 Å². The SMILES string of the molecule is C[C@@H](Sc1nnnn1C)c1nc2scc(-c3cccs3)c2c(=O)[nH]1. The summed E-state index contributed by atoms with van der Waals surface area (Å²) in [6.45, 7) is 1.97. The summed E-state index contributed by atoms with van der Waals surface area (Å²) in [4.78, 5) is 22.0. The van der Waals surface area contributed by atoms with Gasteiger partial charge in [-0.15, -0.1) is 27.8 Å². The van der Waals surface area contributed by atoms with Gasteiger partial charge in [-0.25, -0.2) is 9.67 Å². The summed E-state index contributed by atoms with van der Waals surface area (Å²) in [7, 11) is 1.78. The Morgan fingerprint density at radius 1 is 1.38 bits per heavy atom. The molecule has 10 heteroatoms. The lowest BCUT2D eigenvalue weighted by atomic mass is 10.2. The third-order valence-electron chi connectivity index (χ3n) is 3.50. The van der Waals surface area contributed by atoms with Gasteiger partial charge in [-0.2, -0.15) is 0 Å². The highest BCUT2D eigenvalue weighted by Crippen LogP contribution is 2.35. The maximum absolute atomic E-state index is 12.6. The smallest absolute Gasteiger partial charge is 0.260 e. The molecule has 0 fully saturated rings. The van der Waals surface area contributed by atoms with Crippen LogP contribution in [0.1, 0.15) is 18.0 Å². The number of fused-ring (bicyclic) bond motifs is 1. The highest BCUT2D eigenvalue weighted by molar-refractivity contribution is 7.99. The summed E-state index contributed by atoms with van der Waals surface area (Å²) in [5, 5.41) is 16.6. The fraction of sp³-hybridized carbons (Fsp3) is 0.214. The third-order valence-corrected chi connectivity index (χ3v) is 6.41. The van der Waals surface area contributed by atoms with E-state index in [9.17, 15) is 4.79 Å². The van der Waals surface area contributed by atoms with Crippen molar-refractivity contribution in [1.82, 2.24) is 30.2 Å². The van der Waals surface area contributed by atoms with Crippen LogP contribution in [0.2, 0.25) is 0 Å². The van der Waals surface area contributed by atoms with Crippen molar-refractivity contribution < 1.29 is 0 Å². The summed E-state index contributed by atoms with van der Waals surface area (Å²) in [5.74, 6) is 0.625. The van der Waals surface area contributed by atoms with Crippen molar-refractivity contribution in [3.8, 4) is 10.4 Å². The molecule has 0 aliphatic carbocycles. The zero-order valence-corrected chi connectivity index (χ0v) is 15.2. The predicted octanol–water partition coefficient (Wildman–Crippen LogP) is 3.09. The monoisotopic (exact) mass is 376 g/mol. The number of aromatic nitrogens is 6. The number of aryl methyl sites for hydroxylation is 1. The van der Waals surface area contributed by atoms with Gasteiger partial charge in [0.1, 0.15) is 10.7 Å². The Hall–Kier alpha value is -2.04. The Kier molecular flexibility index (Phi) is 3.94. The van der Waals surface area contributed by atoms with Crippen LogP contribution in [-0.4, -0.2) is 30.2 Å². The van der Waals surface area contributed by atoms with Gasteiger partial charge in [0.2, 0.25) is 5.16 Å². The summed E-state index contributed by atoms with van der Waals surface area (Å²) < 4.78 is 1.60. The predicted molar refractivity (Wildman–Crippen MR) is 96.6 cm³/mol. The second-order valence-corrected chi connectivity index (χ2v) is 8.22. The van der Waals surface area contributed by atoms with Crippen LogP contribution < -0.4 is 5.56 Å². The Morgan fingerprint density at radius 2 is 2.25 bits per heavy atom. The van der Waals surface area contributed by atoms with Crippen molar-refractivity contribution in [2.45, 2.75) is 17.3 Å². The maximum Gasteiger partial charge on any atom is 0.260 e. The molecule has 0 bridgehead atoms. The topological polar surface area (TPSA) is 89.3 Å². The molecule has 1 N–H and O–H groups in total. The van der Waals surface area contributed by atoms with Crippen LogP contribution in [0.15, 0.2) is 32.8 Å². The first kappa shape index (κ1) is 15.5. The van der Waals surface area contributed by atoms with Crippen molar-refractivity contribution in [2.24, 2.45) is 7.05 Å². The molecule has 0 spiro atoms. The van der Waals surface area contributed by atoms with Gasteiger partial charge in [0.05, 0.1) is 10.6 Å². The van der Waals surface area contributed by atoms with Crippen LogP contribution in [0.25, 0.3) is 20.7 Å². The summed E-state index contributed by atoms with van der Waals surface area (Å²) in [5.41, 5.74) is 0.839. The molecule has 0 aromatic carbocycles. The van der Waals surface area contributed by atoms with E-state index >= 15 is 0 Å². The number of H-pyrrole nitrogens is 1. The number of thioether (sulfide) groups is 1. The van der Waals surface area contributed by atoms with Crippen LogP contribution in [0.3, 0.4) is 0 Å². The summed E-state index contributed by atoms with van der Waals surface area (Å²) in [6.07, 6.45) is 0. The van der Waals surface area contributed by atoms with E-state index in [0.717, 1.165) is 15.3 Å². The molecule has 4 aromatic heterocycles. The van der Waals surface area contributed by atoms with Gasteiger partial charge in [-0.1, -0.05) is 17.8 Å². The number of hydrogen-bond acceptors (Lipinski definition) is 8. The van der Waals surface area contributed by atoms with E-state index in [0.29, 0.717) is 16.4 Å². The molecular weight excluding hydrogens is 364 g/mol. The number of thiophene rings is 2. The molecule has 0 aliphatic rings. The molecule has 4 heterocycles. The standard InChI is InChI=1S/C14H12N6OS3/c1-7(24-14-17-18-19-20(14)2)11-15-12(21)10-8(6-23-13(10)16-11)9-4-3-5-22-9/h3-7H,1-2H3,(H,15,16,21)/t7-/m1/s1. The third kappa shape index (κ3) is 2.66. The minimum Gasteiger partial charge on any atom is -0.309 e. The molecule has 0 radical (unpaired) electrons. The Balaban J connectivity index is 1.74. The van der Waals surface area contributed by atoms with Crippen LogP contribution >= 0.6 is 34.4 Å². The zero-order chi connectivity index (χ0) is 16.7. The van der Waals surface area contributed by atoms with Crippen molar-refractivity contribution in [3.05, 3.63) is 39.1 Å². The largest absolute Gasteiger partial charge is 0.309 e. The number of rotatable bonds is 4. The second-order valence-electron chi connectivity index (χ2n) is 5.10. The van der Waals surface area contributed by atoms with E-state index in [-0.39, 0.29) is 10.8 Å². The fourth-order valence-corrected chi connectivity index (χ4v) is 4.89. The van der Waals surface area contributed by atoms with Crippen molar-refractivity contribution in [1.29, 1.82) is 0 Å². The molecule has 7 nitrogen and oxygen atoms in total. The van der Waals surface area contributed by atoms with Crippen LogP contribution in [-0.2, 0) is 7.05 Å². The molecule has 0 amide bonds. The van der Waals surface area contributed by atoms with Crippen LogP contribution in [0.4, 0.5) is 0 Å². The molecule has 4 rings (SSSR count). The van der Waals surface area contributed by atoms with E-state index in [1.54, 1.807) is 23.1 Å². The lowest BCUT2D eigenvalue weighted by Crippen LogP contribution is -2.12. The average Bonchev–Trinajstić information content (AvgIpc) is 3.28. The number of hydrogen-bond donors (Lipinski definition) is 1. The van der Waals surface area contributed by atoms with Gasteiger partial charge in [0.25, 0.3) is 5.56 Å². The van der Waals surface area contributed by atoms with Crippen LogP contribution in [0.5, 0.6) is 0 Å². The fourth-order valence-electron chi connectivity index (χ4n) is 2.31. The highest BCUT2D eigenvalue weighted by atomic mass is 32.2. The maximum atomic E-state index is 12.6. The lowest BCUT2D eigenvalue weighted by molar-refractivity contribution is 0.663. The van der Waals surface area contributed by atoms with E-state index in [1.165, 1.54) is 23.1 Å². The summed E-state index contributed by atoms with van der Waals surface area (Å²) >= 11 is 4.56. The van der Waals surface area contributed by atoms with Crippen molar-refractivity contribution in [3.63, 3.8) is 0 Å². The number of tetrazole rings is 1. The van der Waals surface area contributed by atoms with E-state index in [4.69, 9.17) is 0 Å². The minimum atomic E-state index is -0.108. The molecular formula is C14H12N6OS3. The highest BCUT2D eigenvalue weighted by Gasteiger charge is 2.18. The summed E-state index contributed by atoms with van der Waals surface area (Å²) in [6, 6.07) is 3.99. The lowest BCUT2D eigenvalue weighted by Gasteiger charge is -2.09. The molecule has 24 heavy (non-hydrogen) atoms. The first-order valence-electron chi connectivity index (χ1n) is 7.08. The Bertz CT molecular complexity index is 1050. The molecule has 0 saturated carbocycles. The first-order chi connectivity index (χ1) is 11.6. The van der Waals surface area contributed by atoms with Gasteiger partial charge in [0, 0.05) is 22.9 Å². The van der Waals surface area contributed by atoms with E-state index < -0.39 is 0 Å². The second kappa shape index (κ2) is 6.11. The zero-order valence-electron chi connectivity index (χ0n) is 12.8. The van der Waals surface area contributed by atoms with Gasteiger partial charge < -0.3 is 4.98 Å². The minimum absolute atomic E-state index is 0.0703. The molecule has 4 aromatic rings. The van der Waals surface area contributed by atoms with Gasteiger partial charge in [-0.05, 0) is 28.8 Å². The molecule has 0 aliphatic heterocycles. The Labute approximate surface area is 148 Å². The van der Waals surface area contributed by atoms with Gasteiger partial charge >= 0.3 is 0 Å². The van der Waals surface area contributed by atoms with Crippen LogP contribution in [0, 0.1) is 0 Å². The van der Waals surface area contributed by atoms with E-state index in [2.05, 4.69) is 25.5 Å². The number of nitrogens with one attached hydrogen (secondary N) is 1. The average molecular weight is 376 g/mol. The van der Waals surface area contributed by atoms with Gasteiger partial charge in [0.15, 0.2) is 0 Å². The molecule has 1 atom stereocenters. The molecule has 0 unspecified atom stereocenters. The number of aromatic amines is 1. The van der Waals surface area contributed by atoms with E-state index in [1.807, 2.05) is 29.8 Å².